The molecule has 31 heavy (non-hydrogen) atoms. The first-order valence-electron chi connectivity index (χ1n) is 11.7. The van der Waals surface area contributed by atoms with Crippen LogP contribution in [-0.2, 0) is 0 Å². The van der Waals surface area contributed by atoms with E-state index in [0.717, 1.165) is 74.4 Å². The Kier molecular flexibility index (Phi) is 8.50. The highest BCUT2D eigenvalue weighted by Gasteiger charge is 2.17. The summed E-state index contributed by atoms with van der Waals surface area (Å²) in [7, 11) is 0. The van der Waals surface area contributed by atoms with Gasteiger partial charge in [-0.3, -0.25) is 4.68 Å². The van der Waals surface area contributed by atoms with Crippen LogP contribution in [0.15, 0.2) is 54.7 Å². The van der Waals surface area contributed by atoms with Crippen LogP contribution >= 0.6 is 0 Å². The molecular weight excluding hydrogens is 387 g/mol. The molecule has 0 aliphatic heterocycles. The molecule has 0 atom stereocenters. The van der Waals surface area contributed by atoms with Crippen LogP contribution in [0.2, 0.25) is 0 Å². The lowest BCUT2D eigenvalue weighted by molar-refractivity contribution is 0.282. The second-order valence-electron chi connectivity index (χ2n) is 7.92. The third-order valence-electron chi connectivity index (χ3n) is 6.27. The number of fused-ring (bicyclic) bond motifs is 1. The molecule has 0 spiro atoms. The van der Waals surface area contributed by atoms with Crippen molar-refractivity contribution in [2.75, 3.05) is 57.4 Å². The van der Waals surface area contributed by atoms with Crippen LogP contribution < -0.4 is 5.01 Å². The van der Waals surface area contributed by atoms with E-state index >= 15 is 0 Å². The molecule has 168 valence electrons. The predicted molar refractivity (Wildman–Crippen MR) is 131 cm³/mol. The number of hydrogen-bond donors (Lipinski definition) is 0. The van der Waals surface area contributed by atoms with Gasteiger partial charge in [0.2, 0.25) is 0 Å². The number of rotatable bonds is 12. The van der Waals surface area contributed by atoms with E-state index in [0.29, 0.717) is 0 Å². The summed E-state index contributed by atoms with van der Waals surface area (Å²) in [5.41, 5.74) is 3.24. The predicted octanol–water partition coefficient (Wildman–Crippen LogP) is 5.07. The Labute approximate surface area is 186 Å². The fourth-order valence-corrected chi connectivity index (χ4v) is 4.19. The lowest BCUT2D eigenvalue weighted by atomic mass is 10.1. The number of likely N-dealkylation sites (N-methyl/N-ethyl adjacent to an activating group) is 2. The maximum absolute atomic E-state index is 14.2. The molecule has 0 saturated carbocycles. The molecule has 3 aromatic rings. The van der Waals surface area contributed by atoms with Crippen molar-refractivity contribution < 1.29 is 4.39 Å². The zero-order valence-electron chi connectivity index (χ0n) is 19.5. The van der Waals surface area contributed by atoms with E-state index in [1.807, 2.05) is 24.3 Å². The minimum Gasteiger partial charge on any atom is -0.310 e. The van der Waals surface area contributed by atoms with Crippen molar-refractivity contribution in [1.29, 1.82) is 0 Å². The molecule has 2 aromatic carbocycles. The highest BCUT2D eigenvalue weighted by atomic mass is 19.1. The summed E-state index contributed by atoms with van der Waals surface area (Å²) in [6, 6.07) is 15.4. The second kappa shape index (κ2) is 11.3. The molecule has 0 amide bonds. The van der Waals surface area contributed by atoms with Crippen molar-refractivity contribution in [3.05, 3.63) is 60.5 Å². The first-order valence-corrected chi connectivity index (χ1v) is 11.7. The van der Waals surface area contributed by atoms with Gasteiger partial charge in [0, 0.05) is 43.3 Å². The highest BCUT2D eigenvalue weighted by Crippen LogP contribution is 2.31. The molecule has 3 rings (SSSR count). The van der Waals surface area contributed by atoms with E-state index in [9.17, 15) is 4.39 Å². The first kappa shape index (κ1) is 23.3. The standard InChI is InChI=1S/C26H37FN4/c1-5-28(6-2)16-18-30(19-17-29(7-3)8-4)31-21-25(22-12-10-9-11-13-22)24-20-23(27)14-15-26(24)31/h9-15,20-21H,5-8,16-19H2,1-4H3. The fraction of sp³-hybridized carbons (Fsp3) is 0.462. The van der Waals surface area contributed by atoms with Gasteiger partial charge in [-0.2, -0.15) is 0 Å². The molecule has 5 heteroatoms. The Morgan fingerprint density at radius 3 is 1.87 bits per heavy atom. The molecule has 0 unspecified atom stereocenters. The normalized spacial score (nSPS) is 11.7. The molecule has 0 aliphatic carbocycles. The van der Waals surface area contributed by atoms with E-state index in [1.54, 1.807) is 12.1 Å². The van der Waals surface area contributed by atoms with E-state index in [4.69, 9.17) is 0 Å². The maximum Gasteiger partial charge on any atom is 0.123 e. The molecule has 0 fully saturated rings. The molecule has 0 radical (unpaired) electrons. The third kappa shape index (κ3) is 5.66. The van der Waals surface area contributed by atoms with Crippen LogP contribution in [0.5, 0.6) is 0 Å². The molecule has 0 bridgehead atoms. The zero-order valence-corrected chi connectivity index (χ0v) is 19.5. The Morgan fingerprint density at radius 2 is 1.32 bits per heavy atom. The molecular formula is C26H37FN4. The summed E-state index contributed by atoms with van der Waals surface area (Å²) >= 11 is 0. The van der Waals surface area contributed by atoms with Crippen molar-refractivity contribution in [1.82, 2.24) is 14.5 Å². The fourth-order valence-electron chi connectivity index (χ4n) is 4.19. The average Bonchev–Trinajstić information content (AvgIpc) is 3.17. The van der Waals surface area contributed by atoms with Crippen LogP contribution in [0.1, 0.15) is 27.7 Å². The van der Waals surface area contributed by atoms with E-state index in [-0.39, 0.29) is 5.82 Å². The van der Waals surface area contributed by atoms with Crippen LogP contribution in [-0.4, -0.2) is 66.8 Å². The highest BCUT2D eigenvalue weighted by molar-refractivity contribution is 5.96. The summed E-state index contributed by atoms with van der Waals surface area (Å²) in [6.07, 6.45) is 2.18. The van der Waals surface area contributed by atoms with Gasteiger partial charge < -0.3 is 14.8 Å². The third-order valence-corrected chi connectivity index (χ3v) is 6.27. The topological polar surface area (TPSA) is 14.7 Å². The van der Waals surface area contributed by atoms with Crippen LogP contribution in [0, 0.1) is 5.82 Å². The quantitative estimate of drug-likeness (QED) is 0.403. The molecule has 1 aromatic heterocycles. The van der Waals surface area contributed by atoms with Crippen LogP contribution in [0.3, 0.4) is 0 Å². The van der Waals surface area contributed by atoms with Crippen molar-refractivity contribution >= 4 is 10.9 Å². The van der Waals surface area contributed by atoms with Gasteiger partial charge in [0.05, 0.1) is 5.52 Å². The smallest absolute Gasteiger partial charge is 0.123 e. The number of benzene rings is 2. The minimum atomic E-state index is -0.194. The minimum absolute atomic E-state index is 0.194. The average molecular weight is 425 g/mol. The number of halogens is 1. The lowest BCUT2D eigenvalue weighted by Crippen LogP contribution is -2.45. The van der Waals surface area contributed by atoms with Gasteiger partial charge in [-0.25, -0.2) is 4.39 Å². The summed E-state index contributed by atoms with van der Waals surface area (Å²) in [4.78, 5) is 4.90. The second-order valence-corrected chi connectivity index (χ2v) is 7.92. The Morgan fingerprint density at radius 1 is 0.742 bits per heavy atom. The Hall–Kier alpha value is -2.37. The van der Waals surface area contributed by atoms with E-state index in [1.165, 1.54) is 0 Å². The van der Waals surface area contributed by atoms with Crippen molar-refractivity contribution in [2.45, 2.75) is 27.7 Å². The van der Waals surface area contributed by atoms with Gasteiger partial charge in [-0.05, 0) is 49.9 Å². The summed E-state index contributed by atoms with van der Waals surface area (Å²) in [5.74, 6) is -0.194. The number of nitrogens with zero attached hydrogens (tertiary/aromatic N) is 4. The summed E-state index contributed by atoms with van der Waals surface area (Å²) in [5, 5.41) is 3.38. The molecule has 4 nitrogen and oxygen atoms in total. The Bertz CT molecular complexity index is 913. The van der Waals surface area contributed by atoms with Gasteiger partial charge >= 0.3 is 0 Å². The van der Waals surface area contributed by atoms with Gasteiger partial charge in [0.1, 0.15) is 5.82 Å². The summed E-state index contributed by atoms with van der Waals surface area (Å²) < 4.78 is 16.5. The van der Waals surface area contributed by atoms with E-state index in [2.05, 4.69) is 65.5 Å². The van der Waals surface area contributed by atoms with Gasteiger partial charge in [-0.15, -0.1) is 0 Å². The van der Waals surface area contributed by atoms with Crippen molar-refractivity contribution in [3.8, 4) is 11.1 Å². The first-order chi connectivity index (χ1) is 15.1. The van der Waals surface area contributed by atoms with Gasteiger partial charge in [0.15, 0.2) is 0 Å². The maximum atomic E-state index is 14.2. The van der Waals surface area contributed by atoms with E-state index < -0.39 is 0 Å². The monoisotopic (exact) mass is 424 g/mol. The molecule has 1 heterocycles. The van der Waals surface area contributed by atoms with Gasteiger partial charge in [-0.1, -0.05) is 58.0 Å². The molecule has 0 saturated heterocycles. The SMILES string of the molecule is CCN(CC)CCN(CCN(CC)CC)n1cc(-c2ccccc2)c2cc(F)ccc21. The zero-order chi connectivity index (χ0) is 22.2. The number of aromatic nitrogens is 1. The molecule has 0 N–H and O–H groups in total. The summed E-state index contributed by atoms with van der Waals surface area (Å²) in [6.45, 7) is 16.9. The largest absolute Gasteiger partial charge is 0.310 e. The number of hydrogen-bond acceptors (Lipinski definition) is 3. The lowest BCUT2D eigenvalue weighted by Gasteiger charge is -2.31. The van der Waals surface area contributed by atoms with Crippen LogP contribution in [0.4, 0.5) is 4.39 Å². The van der Waals surface area contributed by atoms with Crippen molar-refractivity contribution in [2.24, 2.45) is 0 Å². The Balaban J connectivity index is 2.01. The van der Waals surface area contributed by atoms with Gasteiger partial charge in [0.25, 0.3) is 0 Å². The van der Waals surface area contributed by atoms with Crippen LogP contribution in [0.25, 0.3) is 22.0 Å². The van der Waals surface area contributed by atoms with Crippen molar-refractivity contribution in [3.63, 3.8) is 0 Å². The molecule has 0 aliphatic rings.